The van der Waals surface area contributed by atoms with Gasteiger partial charge in [-0.1, -0.05) is 0 Å². The molecular formula is C10H16N2O3S2. The monoisotopic (exact) mass is 276 g/mol. The third-order valence-electron chi connectivity index (χ3n) is 2.93. The maximum absolute atomic E-state index is 11.9. The van der Waals surface area contributed by atoms with Gasteiger partial charge in [0.05, 0.1) is 6.10 Å². The molecule has 1 aromatic rings. The summed E-state index contributed by atoms with van der Waals surface area (Å²) in [6, 6.07) is 1.47. The van der Waals surface area contributed by atoms with Crippen LogP contribution in [0, 0.1) is 5.92 Å². The molecule has 0 aliphatic carbocycles. The van der Waals surface area contributed by atoms with Gasteiger partial charge in [0.15, 0.2) is 0 Å². The number of nitrogens with one attached hydrogen (secondary N) is 1. The van der Waals surface area contributed by atoms with E-state index in [1.54, 1.807) is 5.38 Å². The summed E-state index contributed by atoms with van der Waals surface area (Å²) >= 11 is 1.13. The molecule has 5 nitrogen and oxygen atoms in total. The summed E-state index contributed by atoms with van der Waals surface area (Å²) in [5.41, 5.74) is 5.99. The van der Waals surface area contributed by atoms with Crippen LogP contribution >= 0.6 is 11.3 Å². The minimum absolute atomic E-state index is 0.117. The van der Waals surface area contributed by atoms with E-state index in [1.807, 2.05) is 6.92 Å². The molecule has 17 heavy (non-hydrogen) atoms. The Hall–Kier alpha value is -0.630. The van der Waals surface area contributed by atoms with Crippen LogP contribution in [0.4, 0.5) is 5.69 Å². The van der Waals surface area contributed by atoms with E-state index in [4.69, 9.17) is 10.5 Å². The zero-order valence-electron chi connectivity index (χ0n) is 9.55. The lowest BCUT2D eigenvalue weighted by Gasteiger charge is -2.14. The quantitative estimate of drug-likeness (QED) is 0.860. The second kappa shape index (κ2) is 4.93. The molecule has 0 radical (unpaired) electrons. The molecule has 1 fully saturated rings. The van der Waals surface area contributed by atoms with Crippen LogP contribution in [0.5, 0.6) is 0 Å². The average molecular weight is 276 g/mol. The summed E-state index contributed by atoms with van der Waals surface area (Å²) in [4.78, 5) is 0. The predicted molar refractivity (Wildman–Crippen MR) is 67.4 cm³/mol. The predicted octanol–water partition coefficient (Wildman–Crippen LogP) is 1.03. The van der Waals surface area contributed by atoms with Crippen molar-refractivity contribution in [2.75, 3.05) is 18.9 Å². The molecule has 2 unspecified atom stereocenters. The fourth-order valence-electron chi connectivity index (χ4n) is 1.80. The van der Waals surface area contributed by atoms with E-state index in [2.05, 4.69) is 4.72 Å². The first-order valence-corrected chi connectivity index (χ1v) is 7.80. The van der Waals surface area contributed by atoms with E-state index in [0.29, 0.717) is 18.8 Å². The lowest BCUT2D eigenvalue weighted by molar-refractivity contribution is 0.107. The van der Waals surface area contributed by atoms with Crippen LogP contribution in [0.1, 0.15) is 13.3 Å². The maximum Gasteiger partial charge on any atom is 0.250 e. The Bertz CT molecular complexity index is 483. The molecule has 2 rings (SSSR count). The number of sulfonamides is 1. The summed E-state index contributed by atoms with van der Waals surface area (Å²) in [5.74, 6) is 0.252. The molecule has 0 amide bonds. The molecule has 7 heteroatoms. The van der Waals surface area contributed by atoms with Crippen molar-refractivity contribution in [2.45, 2.75) is 23.7 Å². The molecule has 0 aromatic carbocycles. The molecule has 1 aromatic heterocycles. The van der Waals surface area contributed by atoms with Crippen LogP contribution in [0.25, 0.3) is 0 Å². The zero-order valence-corrected chi connectivity index (χ0v) is 11.2. The molecule has 1 saturated heterocycles. The van der Waals surface area contributed by atoms with Gasteiger partial charge >= 0.3 is 0 Å². The van der Waals surface area contributed by atoms with Crippen molar-refractivity contribution >= 4 is 27.0 Å². The molecule has 0 spiro atoms. The van der Waals surface area contributed by atoms with Crippen molar-refractivity contribution in [3.63, 3.8) is 0 Å². The van der Waals surface area contributed by atoms with Gasteiger partial charge in [0, 0.05) is 30.1 Å². The molecule has 3 N–H and O–H groups in total. The summed E-state index contributed by atoms with van der Waals surface area (Å²) in [7, 11) is -3.42. The van der Waals surface area contributed by atoms with E-state index in [9.17, 15) is 8.42 Å². The molecular weight excluding hydrogens is 260 g/mol. The molecule has 0 bridgehead atoms. The van der Waals surface area contributed by atoms with Crippen LogP contribution in [0.2, 0.25) is 0 Å². The van der Waals surface area contributed by atoms with Gasteiger partial charge in [-0.15, -0.1) is 11.3 Å². The highest BCUT2D eigenvalue weighted by Crippen LogP contribution is 2.23. The maximum atomic E-state index is 11.9. The highest BCUT2D eigenvalue weighted by molar-refractivity contribution is 7.91. The van der Waals surface area contributed by atoms with Crippen molar-refractivity contribution < 1.29 is 13.2 Å². The third kappa shape index (κ3) is 2.98. The van der Waals surface area contributed by atoms with Gasteiger partial charge in [-0.05, 0) is 19.4 Å². The lowest BCUT2D eigenvalue weighted by atomic mass is 10.0. The average Bonchev–Trinajstić information content (AvgIpc) is 2.85. The van der Waals surface area contributed by atoms with E-state index in [0.717, 1.165) is 17.8 Å². The number of hydrogen-bond donors (Lipinski definition) is 2. The molecule has 96 valence electrons. The number of rotatable bonds is 4. The topological polar surface area (TPSA) is 81.4 Å². The highest BCUT2D eigenvalue weighted by Gasteiger charge is 2.26. The number of nitrogens with two attached hydrogens (primary N) is 1. The standard InChI is InChI=1S/C10H16N2O3S2/c1-7-8(2-3-15-7)5-12-17(13,14)10-4-9(11)6-16-10/h4,6-8,12H,2-3,5,11H2,1H3. The van der Waals surface area contributed by atoms with Crippen LogP contribution < -0.4 is 10.5 Å². The van der Waals surface area contributed by atoms with Gasteiger partial charge in [-0.3, -0.25) is 0 Å². The van der Waals surface area contributed by atoms with Crippen molar-refractivity contribution in [1.82, 2.24) is 4.72 Å². The van der Waals surface area contributed by atoms with Crippen molar-refractivity contribution in [2.24, 2.45) is 5.92 Å². The first-order chi connectivity index (χ1) is 7.99. The third-order valence-corrected chi connectivity index (χ3v) is 5.81. The summed E-state index contributed by atoms with van der Waals surface area (Å²) in [6.45, 7) is 3.09. The van der Waals surface area contributed by atoms with Crippen LogP contribution in [0.3, 0.4) is 0 Å². The number of thiophene rings is 1. The number of ether oxygens (including phenoxy) is 1. The Balaban J connectivity index is 1.98. The summed E-state index contributed by atoms with van der Waals surface area (Å²) in [5, 5.41) is 1.62. The molecule has 0 saturated carbocycles. The molecule has 1 aliphatic rings. The molecule has 1 aliphatic heterocycles. The smallest absolute Gasteiger partial charge is 0.250 e. The lowest BCUT2D eigenvalue weighted by Crippen LogP contribution is -2.31. The first kappa shape index (κ1) is 12.8. The van der Waals surface area contributed by atoms with Crippen LogP contribution in [-0.4, -0.2) is 27.7 Å². The van der Waals surface area contributed by atoms with Crippen molar-refractivity contribution in [1.29, 1.82) is 0 Å². The SMILES string of the molecule is CC1OCCC1CNS(=O)(=O)c1cc(N)cs1. The van der Waals surface area contributed by atoms with Gasteiger partial charge in [0.2, 0.25) is 10.0 Å². The Morgan fingerprint density at radius 3 is 2.94 bits per heavy atom. The van der Waals surface area contributed by atoms with E-state index in [1.165, 1.54) is 6.07 Å². The highest BCUT2D eigenvalue weighted by atomic mass is 32.2. The van der Waals surface area contributed by atoms with Gasteiger partial charge in [0.25, 0.3) is 0 Å². The number of nitrogen functional groups attached to an aromatic ring is 1. The van der Waals surface area contributed by atoms with Crippen LogP contribution in [0.15, 0.2) is 15.7 Å². The van der Waals surface area contributed by atoms with Gasteiger partial charge in [0.1, 0.15) is 4.21 Å². The van der Waals surface area contributed by atoms with Gasteiger partial charge < -0.3 is 10.5 Å². The van der Waals surface area contributed by atoms with Gasteiger partial charge in [-0.2, -0.15) is 0 Å². The summed E-state index contributed by atoms with van der Waals surface area (Å²) < 4.78 is 32.1. The Kier molecular flexibility index (Phi) is 3.72. The Morgan fingerprint density at radius 2 is 2.41 bits per heavy atom. The van der Waals surface area contributed by atoms with E-state index < -0.39 is 10.0 Å². The fraction of sp³-hybridized carbons (Fsp3) is 0.600. The van der Waals surface area contributed by atoms with Crippen LogP contribution in [-0.2, 0) is 14.8 Å². The Morgan fingerprint density at radius 1 is 1.65 bits per heavy atom. The minimum Gasteiger partial charge on any atom is -0.398 e. The first-order valence-electron chi connectivity index (χ1n) is 5.44. The second-order valence-corrected chi connectivity index (χ2v) is 7.08. The van der Waals surface area contributed by atoms with Crippen molar-refractivity contribution in [3.05, 3.63) is 11.4 Å². The zero-order chi connectivity index (χ0) is 12.5. The normalized spacial score (nSPS) is 25.2. The van der Waals surface area contributed by atoms with Crippen molar-refractivity contribution in [3.8, 4) is 0 Å². The molecule has 2 atom stereocenters. The van der Waals surface area contributed by atoms with Gasteiger partial charge in [-0.25, -0.2) is 13.1 Å². The number of hydrogen-bond acceptors (Lipinski definition) is 5. The Labute approximate surface area is 105 Å². The fourth-order valence-corrected chi connectivity index (χ4v) is 4.02. The van der Waals surface area contributed by atoms with E-state index >= 15 is 0 Å². The number of anilines is 1. The van der Waals surface area contributed by atoms with E-state index in [-0.39, 0.29) is 16.2 Å². The largest absolute Gasteiger partial charge is 0.398 e. The summed E-state index contributed by atoms with van der Waals surface area (Å²) in [6.07, 6.45) is 1.02. The second-order valence-electron chi connectivity index (χ2n) is 4.18. The minimum atomic E-state index is -3.42. The molecule has 2 heterocycles.